The number of amides is 1. The van der Waals surface area contributed by atoms with Crippen molar-refractivity contribution >= 4 is 44.5 Å². The molecular weight excluding hydrogens is 349 g/mol. The zero-order chi connectivity index (χ0) is 14.4. The van der Waals surface area contributed by atoms with Crippen molar-refractivity contribution in [2.45, 2.75) is 24.8 Å². The zero-order valence-corrected chi connectivity index (χ0v) is 13.0. The minimum absolute atomic E-state index is 0.00574. The van der Waals surface area contributed by atoms with Crippen molar-refractivity contribution in [1.82, 2.24) is 14.9 Å². The number of halogens is 3. The lowest BCUT2D eigenvalue weighted by atomic mass is 10.2. The summed E-state index contributed by atoms with van der Waals surface area (Å²) in [6.45, 7) is 2.35. The van der Waals surface area contributed by atoms with Crippen LogP contribution in [0.3, 0.4) is 0 Å². The maximum atomic E-state index is 13.6. The number of rotatable bonds is 2. The van der Waals surface area contributed by atoms with Gasteiger partial charge in [-0.2, -0.15) is 0 Å². The van der Waals surface area contributed by atoms with E-state index in [-0.39, 0.29) is 23.1 Å². The van der Waals surface area contributed by atoms with Gasteiger partial charge in [-0.05, 0) is 28.9 Å². The van der Waals surface area contributed by atoms with Gasteiger partial charge in [-0.15, -0.1) is 11.6 Å². The van der Waals surface area contributed by atoms with Crippen LogP contribution in [0.1, 0.15) is 30.6 Å². The molecule has 1 aromatic carbocycles. The Hall–Kier alpha value is -1.14. The van der Waals surface area contributed by atoms with Crippen LogP contribution in [-0.4, -0.2) is 22.0 Å². The molecule has 2 aromatic rings. The van der Waals surface area contributed by atoms with E-state index in [4.69, 9.17) is 11.6 Å². The van der Waals surface area contributed by atoms with E-state index in [9.17, 15) is 9.18 Å². The number of nitrogens with one attached hydrogen (secondary N) is 1. The molecule has 2 heterocycles. The first-order chi connectivity index (χ1) is 9.47. The summed E-state index contributed by atoms with van der Waals surface area (Å²) in [4.78, 5) is 15.9. The van der Waals surface area contributed by atoms with Gasteiger partial charge in [-0.25, -0.2) is 9.37 Å². The highest BCUT2D eigenvalue weighted by Gasteiger charge is 2.28. The molecule has 0 radical (unpaired) electrons. The molecule has 0 saturated carbocycles. The summed E-state index contributed by atoms with van der Waals surface area (Å²) in [5, 5.41) is 2.48. The lowest BCUT2D eigenvalue weighted by molar-refractivity contribution is -0.119. The quantitative estimate of drug-likeness (QED) is 0.835. The van der Waals surface area contributed by atoms with Gasteiger partial charge in [0.05, 0.1) is 26.9 Å². The largest absolute Gasteiger partial charge is 0.354 e. The number of aromatic nitrogens is 2. The number of alkyl halides is 1. The van der Waals surface area contributed by atoms with Gasteiger partial charge in [0.25, 0.3) is 0 Å². The molecule has 1 aliphatic rings. The van der Waals surface area contributed by atoms with Crippen LogP contribution in [-0.2, 0) is 4.79 Å². The first-order valence-corrected chi connectivity index (χ1v) is 7.48. The molecule has 3 rings (SSSR count). The van der Waals surface area contributed by atoms with Crippen molar-refractivity contribution in [1.29, 1.82) is 0 Å². The molecule has 1 saturated heterocycles. The fourth-order valence-electron chi connectivity index (χ4n) is 2.55. The lowest BCUT2D eigenvalue weighted by Gasteiger charge is -2.16. The molecule has 2 unspecified atom stereocenters. The number of fused-ring (bicyclic) bond motifs is 1. The topological polar surface area (TPSA) is 46.9 Å². The van der Waals surface area contributed by atoms with Crippen LogP contribution in [0.5, 0.6) is 0 Å². The maximum absolute atomic E-state index is 13.6. The van der Waals surface area contributed by atoms with E-state index in [2.05, 4.69) is 26.2 Å². The third-order valence-electron chi connectivity index (χ3n) is 3.44. The average molecular weight is 361 g/mol. The van der Waals surface area contributed by atoms with Crippen molar-refractivity contribution in [3.8, 4) is 0 Å². The van der Waals surface area contributed by atoms with Gasteiger partial charge in [-0.1, -0.05) is 0 Å². The van der Waals surface area contributed by atoms with Crippen molar-refractivity contribution in [2.24, 2.45) is 0 Å². The Morgan fingerprint density at radius 3 is 2.95 bits per heavy atom. The summed E-state index contributed by atoms with van der Waals surface area (Å²) in [5.74, 6) is 0.295. The predicted octanol–water partition coefficient (Wildman–Crippen LogP) is 3.30. The standard InChI is InChI=1S/C13H12BrClFN3O/c1-6(15)13-18-10-4-9(16)8(14)3-11(10)19(13)7-2-12(20)17-5-7/h3-4,6-7H,2,5H2,1H3,(H,17,20). The molecule has 0 spiro atoms. The Morgan fingerprint density at radius 1 is 1.60 bits per heavy atom. The van der Waals surface area contributed by atoms with E-state index >= 15 is 0 Å². The lowest BCUT2D eigenvalue weighted by Crippen LogP contribution is -2.17. The number of benzene rings is 1. The molecule has 1 amide bonds. The molecule has 1 fully saturated rings. The van der Waals surface area contributed by atoms with E-state index < -0.39 is 0 Å². The maximum Gasteiger partial charge on any atom is 0.222 e. The van der Waals surface area contributed by atoms with E-state index in [0.717, 1.165) is 5.52 Å². The molecule has 7 heteroatoms. The van der Waals surface area contributed by atoms with Crippen LogP contribution in [0.25, 0.3) is 11.0 Å². The number of carbonyl (C=O) groups is 1. The Bertz CT molecular complexity index is 700. The van der Waals surface area contributed by atoms with Crippen molar-refractivity contribution < 1.29 is 9.18 Å². The second-order valence-corrected chi connectivity index (χ2v) is 6.38. The molecule has 4 nitrogen and oxygen atoms in total. The molecule has 20 heavy (non-hydrogen) atoms. The third kappa shape index (κ3) is 2.20. The van der Waals surface area contributed by atoms with Gasteiger partial charge in [0.1, 0.15) is 11.6 Å². The SMILES string of the molecule is CC(Cl)c1nc2cc(F)c(Br)cc2n1C1CNC(=O)C1. The monoisotopic (exact) mass is 359 g/mol. The predicted molar refractivity (Wildman–Crippen MR) is 78.3 cm³/mol. The van der Waals surface area contributed by atoms with Crippen LogP contribution in [0.4, 0.5) is 4.39 Å². The van der Waals surface area contributed by atoms with Gasteiger partial charge < -0.3 is 9.88 Å². The molecule has 1 N–H and O–H groups in total. The summed E-state index contributed by atoms with van der Waals surface area (Å²) >= 11 is 9.37. The summed E-state index contributed by atoms with van der Waals surface area (Å²) in [7, 11) is 0. The Morgan fingerprint density at radius 2 is 2.35 bits per heavy atom. The number of nitrogens with zero attached hydrogens (tertiary/aromatic N) is 2. The van der Waals surface area contributed by atoms with E-state index in [1.54, 1.807) is 6.07 Å². The zero-order valence-electron chi connectivity index (χ0n) is 10.7. The number of hydrogen-bond acceptors (Lipinski definition) is 2. The van der Waals surface area contributed by atoms with Crippen molar-refractivity contribution in [2.75, 3.05) is 6.54 Å². The van der Waals surface area contributed by atoms with Gasteiger partial charge in [-0.3, -0.25) is 4.79 Å². The molecule has 1 aromatic heterocycles. The van der Waals surface area contributed by atoms with Gasteiger partial charge in [0, 0.05) is 19.0 Å². The van der Waals surface area contributed by atoms with Crippen LogP contribution >= 0.6 is 27.5 Å². The molecule has 106 valence electrons. The smallest absolute Gasteiger partial charge is 0.222 e. The molecular formula is C13H12BrClFN3O. The fraction of sp³-hybridized carbons (Fsp3) is 0.385. The van der Waals surface area contributed by atoms with Crippen molar-refractivity contribution in [3.05, 3.63) is 28.2 Å². The van der Waals surface area contributed by atoms with E-state index in [1.807, 2.05) is 11.5 Å². The first kappa shape index (κ1) is 13.8. The number of carbonyl (C=O) groups excluding carboxylic acids is 1. The second kappa shape index (κ2) is 5.00. The Kier molecular flexibility index (Phi) is 3.46. The van der Waals surface area contributed by atoms with Gasteiger partial charge in [0.15, 0.2) is 0 Å². The van der Waals surface area contributed by atoms with Crippen LogP contribution in [0.2, 0.25) is 0 Å². The fourth-order valence-corrected chi connectivity index (χ4v) is 3.03. The van der Waals surface area contributed by atoms with E-state index in [1.165, 1.54) is 6.07 Å². The highest BCUT2D eigenvalue weighted by atomic mass is 79.9. The highest BCUT2D eigenvalue weighted by molar-refractivity contribution is 9.10. The van der Waals surface area contributed by atoms with Crippen LogP contribution in [0, 0.1) is 5.82 Å². The Balaban J connectivity index is 2.23. The molecule has 1 aliphatic heterocycles. The molecule has 0 aliphatic carbocycles. The van der Waals surface area contributed by atoms with Gasteiger partial charge in [0.2, 0.25) is 5.91 Å². The summed E-state index contributed by atoms with van der Waals surface area (Å²) < 4.78 is 15.9. The first-order valence-electron chi connectivity index (χ1n) is 6.25. The summed E-state index contributed by atoms with van der Waals surface area (Å²) in [6, 6.07) is 3.02. The summed E-state index contributed by atoms with van der Waals surface area (Å²) in [5.41, 5.74) is 1.33. The van der Waals surface area contributed by atoms with Crippen LogP contribution in [0.15, 0.2) is 16.6 Å². The highest BCUT2D eigenvalue weighted by Crippen LogP contribution is 2.32. The summed E-state index contributed by atoms with van der Waals surface area (Å²) in [6.07, 6.45) is 0.386. The minimum atomic E-state index is -0.364. The molecule has 0 bridgehead atoms. The number of hydrogen-bond donors (Lipinski definition) is 1. The third-order valence-corrected chi connectivity index (χ3v) is 4.24. The normalized spacial score (nSPS) is 20.4. The second-order valence-electron chi connectivity index (χ2n) is 4.87. The van der Waals surface area contributed by atoms with Crippen molar-refractivity contribution in [3.63, 3.8) is 0 Å². The van der Waals surface area contributed by atoms with Crippen LogP contribution < -0.4 is 5.32 Å². The minimum Gasteiger partial charge on any atom is -0.354 e. The van der Waals surface area contributed by atoms with Gasteiger partial charge >= 0.3 is 0 Å². The Labute approximate surface area is 128 Å². The number of imidazole rings is 1. The van der Waals surface area contributed by atoms with E-state index in [0.29, 0.717) is 28.8 Å². The average Bonchev–Trinajstić information content (AvgIpc) is 2.94. The molecule has 2 atom stereocenters.